The first-order chi connectivity index (χ1) is 13.5. The van der Waals surface area contributed by atoms with E-state index >= 15 is 0 Å². The summed E-state index contributed by atoms with van der Waals surface area (Å²) in [5.74, 6) is 1.84. The molecule has 0 spiro atoms. The number of piperidine rings is 1. The summed E-state index contributed by atoms with van der Waals surface area (Å²) < 4.78 is 27.4. The van der Waals surface area contributed by atoms with E-state index in [0.29, 0.717) is 30.1 Å². The molecule has 150 valence electrons. The Hall–Kier alpha value is -2.19. The third-order valence-corrected chi connectivity index (χ3v) is 7.41. The number of sulfonamides is 1. The number of anilines is 2. The van der Waals surface area contributed by atoms with Gasteiger partial charge in [0, 0.05) is 45.3 Å². The van der Waals surface area contributed by atoms with Crippen molar-refractivity contribution < 1.29 is 8.42 Å². The molecule has 1 saturated carbocycles. The molecule has 2 aliphatic rings. The fourth-order valence-corrected chi connectivity index (χ4v) is 5.34. The zero-order valence-corrected chi connectivity index (χ0v) is 17.2. The minimum Gasteiger partial charge on any atom is -0.363 e. The molecular weight excluding hydrogens is 374 g/mol. The second-order valence-electron chi connectivity index (χ2n) is 7.72. The van der Waals surface area contributed by atoms with Crippen LogP contribution in [-0.2, 0) is 10.0 Å². The maximum atomic E-state index is 12.9. The predicted molar refractivity (Wildman–Crippen MR) is 110 cm³/mol. The zero-order valence-electron chi connectivity index (χ0n) is 16.4. The standard InChI is InChI=1S/C20H27N5O2S/c1-23(2)19-14-20(22-15-21-19)25(16-8-9-16)17-10-12-24(13-11-17)28(26,27)18-6-4-3-5-7-18/h3-7,14-17H,8-13H2,1-2H3. The Balaban J connectivity index is 1.50. The molecule has 0 bridgehead atoms. The van der Waals surface area contributed by atoms with Crippen molar-refractivity contribution in [2.45, 2.75) is 42.7 Å². The van der Waals surface area contributed by atoms with Crippen molar-refractivity contribution >= 4 is 21.7 Å². The van der Waals surface area contributed by atoms with Gasteiger partial charge >= 0.3 is 0 Å². The third-order valence-electron chi connectivity index (χ3n) is 5.50. The van der Waals surface area contributed by atoms with E-state index in [-0.39, 0.29) is 0 Å². The van der Waals surface area contributed by atoms with E-state index in [1.165, 1.54) is 12.8 Å². The van der Waals surface area contributed by atoms with E-state index in [0.717, 1.165) is 24.5 Å². The molecule has 7 nitrogen and oxygen atoms in total. The average Bonchev–Trinajstić information content (AvgIpc) is 3.54. The van der Waals surface area contributed by atoms with Crippen LogP contribution in [0.25, 0.3) is 0 Å². The van der Waals surface area contributed by atoms with Crippen LogP contribution in [0, 0.1) is 0 Å². The topological polar surface area (TPSA) is 69.6 Å². The Morgan fingerprint density at radius 1 is 0.929 bits per heavy atom. The summed E-state index contributed by atoms with van der Waals surface area (Å²) in [5, 5.41) is 0. The van der Waals surface area contributed by atoms with Crippen molar-refractivity contribution in [2.24, 2.45) is 0 Å². The van der Waals surface area contributed by atoms with Gasteiger partial charge in [-0.15, -0.1) is 0 Å². The van der Waals surface area contributed by atoms with Gasteiger partial charge in [0.25, 0.3) is 0 Å². The normalized spacial score (nSPS) is 18.8. The molecule has 1 aromatic carbocycles. The highest BCUT2D eigenvalue weighted by atomic mass is 32.2. The van der Waals surface area contributed by atoms with Crippen molar-refractivity contribution in [1.82, 2.24) is 14.3 Å². The molecule has 2 heterocycles. The lowest BCUT2D eigenvalue weighted by molar-refractivity contribution is 0.308. The van der Waals surface area contributed by atoms with Crippen molar-refractivity contribution in [2.75, 3.05) is 37.0 Å². The van der Waals surface area contributed by atoms with Crippen LogP contribution in [0.2, 0.25) is 0 Å². The van der Waals surface area contributed by atoms with E-state index in [4.69, 9.17) is 0 Å². The number of hydrogen-bond acceptors (Lipinski definition) is 6. The third kappa shape index (κ3) is 3.84. The molecule has 8 heteroatoms. The quantitative estimate of drug-likeness (QED) is 0.740. The smallest absolute Gasteiger partial charge is 0.243 e. The van der Waals surface area contributed by atoms with Gasteiger partial charge in [0.1, 0.15) is 18.0 Å². The predicted octanol–water partition coefficient (Wildman–Crippen LogP) is 2.36. The van der Waals surface area contributed by atoms with Gasteiger partial charge in [0.15, 0.2) is 0 Å². The maximum Gasteiger partial charge on any atom is 0.243 e. The Morgan fingerprint density at radius 3 is 2.14 bits per heavy atom. The summed E-state index contributed by atoms with van der Waals surface area (Å²) in [5.41, 5.74) is 0. The lowest BCUT2D eigenvalue weighted by Crippen LogP contribution is -2.48. The molecule has 0 radical (unpaired) electrons. The number of benzene rings is 1. The lowest BCUT2D eigenvalue weighted by Gasteiger charge is -2.39. The molecule has 0 unspecified atom stereocenters. The molecule has 2 aromatic rings. The Bertz CT molecular complexity index is 907. The summed E-state index contributed by atoms with van der Waals surface area (Å²) >= 11 is 0. The number of rotatable bonds is 6. The first kappa shape index (κ1) is 19.1. The Kier molecular flexibility index (Phi) is 5.25. The monoisotopic (exact) mass is 401 g/mol. The molecule has 1 aromatic heterocycles. The van der Waals surface area contributed by atoms with Crippen molar-refractivity contribution in [1.29, 1.82) is 0 Å². The molecule has 1 aliphatic heterocycles. The maximum absolute atomic E-state index is 12.9. The van der Waals surface area contributed by atoms with Crippen molar-refractivity contribution in [3.63, 3.8) is 0 Å². The molecule has 28 heavy (non-hydrogen) atoms. The molecule has 1 aliphatic carbocycles. The van der Waals surface area contributed by atoms with Gasteiger partial charge in [-0.25, -0.2) is 18.4 Å². The highest BCUT2D eigenvalue weighted by Crippen LogP contribution is 2.36. The SMILES string of the molecule is CN(C)c1cc(N(C2CC2)C2CCN(S(=O)(=O)c3ccccc3)CC2)ncn1. The van der Waals surface area contributed by atoms with E-state index in [1.807, 2.05) is 31.1 Å². The van der Waals surface area contributed by atoms with Gasteiger partial charge < -0.3 is 9.80 Å². The molecule has 0 atom stereocenters. The molecule has 1 saturated heterocycles. The van der Waals surface area contributed by atoms with Crippen LogP contribution in [0.5, 0.6) is 0 Å². The second-order valence-corrected chi connectivity index (χ2v) is 9.65. The van der Waals surface area contributed by atoms with Crippen LogP contribution < -0.4 is 9.80 Å². The van der Waals surface area contributed by atoms with Crippen LogP contribution >= 0.6 is 0 Å². The fourth-order valence-electron chi connectivity index (χ4n) is 3.85. The van der Waals surface area contributed by atoms with Crippen LogP contribution in [0.15, 0.2) is 47.6 Å². The van der Waals surface area contributed by atoms with Gasteiger partial charge in [-0.3, -0.25) is 0 Å². The molecular formula is C20H27N5O2S. The summed E-state index contributed by atoms with van der Waals surface area (Å²) in [6, 6.07) is 11.6. The van der Waals surface area contributed by atoms with Crippen molar-refractivity contribution in [3.8, 4) is 0 Å². The minimum atomic E-state index is -3.42. The van der Waals surface area contributed by atoms with Gasteiger partial charge in [-0.05, 0) is 37.8 Å². The van der Waals surface area contributed by atoms with E-state index in [2.05, 4.69) is 14.9 Å². The van der Waals surface area contributed by atoms with Crippen LogP contribution in [0.4, 0.5) is 11.6 Å². The number of aromatic nitrogens is 2. The van der Waals surface area contributed by atoms with E-state index < -0.39 is 10.0 Å². The highest BCUT2D eigenvalue weighted by molar-refractivity contribution is 7.89. The number of nitrogens with zero attached hydrogens (tertiary/aromatic N) is 5. The summed E-state index contributed by atoms with van der Waals surface area (Å²) in [4.78, 5) is 13.6. The van der Waals surface area contributed by atoms with Gasteiger partial charge in [-0.2, -0.15) is 4.31 Å². The van der Waals surface area contributed by atoms with E-state index in [1.54, 1.807) is 34.9 Å². The van der Waals surface area contributed by atoms with Gasteiger partial charge in [-0.1, -0.05) is 18.2 Å². The number of hydrogen-bond donors (Lipinski definition) is 0. The highest BCUT2D eigenvalue weighted by Gasteiger charge is 2.38. The molecule has 0 amide bonds. The van der Waals surface area contributed by atoms with Crippen LogP contribution in [0.1, 0.15) is 25.7 Å². The Labute approximate surface area is 167 Å². The zero-order chi connectivity index (χ0) is 19.7. The fraction of sp³-hybridized carbons (Fsp3) is 0.500. The largest absolute Gasteiger partial charge is 0.363 e. The van der Waals surface area contributed by atoms with Gasteiger partial charge in [0.05, 0.1) is 4.90 Å². The summed E-state index contributed by atoms with van der Waals surface area (Å²) in [6.45, 7) is 1.08. The first-order valence-corrected chi connectivity index (χ1v) is 11.2. The second kappa shape index (κ2) is 7.67. The summed E-state index contributed by atoms with van der Waals surface area (Å²) in [6.07, 6.45) is 5.58. The minimum absolute atomic E-state index is 0.305. The van der Waals surface area contributed by atoms with E-state index in [9.17, 15) is 8.42 Å². The first-order valence-electron chi connectivity index (χ1n) is 9.80. The molecule has 2 fully saturated rings. The van der Waals surface area contributed by atoms with Crippen LogP contribution in [0.3, 0.4) is 0 Å². The van der Waals surface area contributed by atoms with Crippen molar-refractivity contribution in [3.05, 3.63) is 42.7 Å². The summed E-state index contributed by atoms with van der Waals surface area (Å²) in [7, 11) is 0.530. The Morgan fingerprint density at radius 2 is 1.54 bits per heavy atom. The average molecular weight is 402 g/mol. The van der Waals surface area contributed by atoms with Crippen LogP contribution in [-0.4, -0.2) is 62.0 Å². The lowest BCUT2D eigenvalue weighted by atomic mass is 10.0. The molecule has 4 rings (SSSR count). The molecule has 0 N–H and O–H groups in total. The van der Waals surface area contributed by atoms with Gasteiger partial charge in [0.2, 0.25) is 10.0 Å².